The molecule has 0 saturated heterocycles. The molecule has 4 heteroatoms. The summed E-state index contributed by atoms with van der Waals surface area (Å²) in [7, 11) is 0. The molecule has 0 atom stereocenters. The molecule has 138 valence electrons. The lowest BCUT2D eigenvalue weighted by Crippen LogP contribution is -2.20. The highest BCUT2D eigenvalue weighted by Gasteiger charge is 1.97. The zero-order valence-corrected chi connectivity index (χ0v) is 15.4. The van der Waals surface area contributed by atoms with E-state index in [9.17, 15) is 4.79 Å². The number of carboxylic acid groups (broad SMARTS) is 1. The standard InChI is InChI=1S/C19H39NO3/c1-18(2)12-9-7-5-3-4-6-8-10-16-23-17-11-14-20-15-13-19(21)22/h18,20H,3-17H2,1-2H3,(H,21,22). The van der Waals surface area contributed by atoms with Crippen molar-refractivity contribution in [3.63, 3.8) is 0 Å². The number of hydrogen-bond donors (Lipinski definition) is 2. The molecule has 0 aromatic heterocycles. The van der Waals surface area contributed by atoms with Crippen molar-refractivity contribution < 1.29 is 14.6 Å². The Morgan fingerprint density at radius 3 is 2.04 bits per heavy atom. The third-order valence-electron chi connectivity index (χ3n) is 3.98. The van der Waals surface area contributed by atoms with Crippen molar-refractivity contribution in [1.82, 2.24) is 5.32 Å². The molecule has 0 aliphatic heterocycles. The zero-order chi connectivity index (χ0) is 17.2. The van der Waals surface area contributed by atoms with E-state index >= 15 is 0 Å². The van der Waals surface area contributed by atoms with Crippen LogP contribution in [0.25, 0.3) is 0 Å². The van der Waals surface area contributed by atoms with E-state index in [0.29, 0.717) is 6.54 Å². The van der Waals surface area contributed by atoms with Gasteiger partial charge in [-0.2, -0.15) is 0 Å². The van der Waals surface area contributed by atoms with Crippen LogP contribution in [0, 0.1) is 5.92 Å². The molecule has 0 bridgehead atoms. The summed E-state index contributed by atoms with van der Waals surface area (Å²) in [5.74, 6) is 0.111. The minimum atomic E-state index is -0.746. The molecular weight excluding hydrogens is 290 g/mol. The molecule has 0 saturated carbocycles. The van der Waals surface area contributed by atoms with Gasteiger partial charge in [0.1, 0.15) is 0 Å². The van der Waals surface area contributed by atoms with Crippen LogP contribution in [0.4, 0.5) is 0 Å². The molecule has 0 amide bonds. The van der Waals surface area contributed by atoms with Crippen molar-refractivity contribution in [2.45, 2.75) is 84.5 Å². The highest BCUT2D eigenvalue weighted by Crippen LogP contribution is 2.12. The average Bonchev–Trinajstić information content (AvgIpc) is 2.49. The third-order valence-corrected chi connectivity index (χ3v) is 3.98. The molecule has 23 heavy (non-hydrogen) atoms. The van der Waals surface area contributed by atoms with Gasteiger partial charge in [0.05, 0.1) is 6.42 Å². The van der Waals surface area contributed by atoms with Crippen molar-refractivity contribution in [1.29, 1.82) is 0 Å². The van der Waals surface area contributed by atoms with Gasteiger partial charge in [-0.25, -0.2) is 0 Å². The number of nitrogens with one attached hydrogen (secondary N) is 1. The van der Waals surface area contributed by atoms with Crippen LogP contribution in [0.3, 0.4) is 0 Å². The van der Waals surface area contributed by atoms with Crippen molar-refractivity contribution in [3.05, 3.63) is 0 Å². The molecule has 0 spiro atoms. The van der Waals surface area contributed by atoms with Gasteiger partial charge < -0.3 is 15.2 Å². The Balaban J connectivity index is 2.99. The second-order valence-corrected chi connectivity index (χ2v) is 6.87. The number of hydrogen-bond acceptors (Lipinski definition) is 3. The second-order valence-electron chi connectivity index (χ2n) is 6.87. The Morgan fingerprint density at radius 1 is 0.870 bits per heavy atom. The van der Waals surface area contributed by atoms with Gasteiger partial charge in [-0.3, -0.25) is 4.79 Å². The van der Waals surface area contributed by atoms with E-state index in [1.54, 1.807) is 0 Å². The van der Waals surface area contributed by atoms with E-state index in [0.717, 1.165) is 32.1 Å². The summed E-state index contributed by atoms with van der Waals surface area (Å²) in [6.45, 7) is 7.63. The molecule has 4 nitrogen and oxygen atoms in total. The van der Waals surface area contributed by atoms with Gasteiger partial charge in [0.15, 0.2) is 0 Å². The van der Waals surface area contributed by atoms with Crippen LogP contribution in [-0.2, 0) is 9.53 Å². The summed E-state index contributed by atoms with van der Waals surface area (Å²) in [6.07, 6.45) is 13.3. The summed E-state index contributed by atoms with van der Waals surface area (Å²) < 4.78 is 5.59. The van der Waals surface area contributed by atoms with Crippen molar-refractivity contribution in [2.24, 2.45) is 5.92 Å². The molecular formula is C19H39NO3. The van der Waals surface area contributed by atoms with Crippen LogP contribution in [-0.4, -0.2) is 37.4 Å². The summed E-state index contributed by atoms with van der Waals surface area (Å²) in [5.41, 5.74) is 0. The SMILES string of the molecule is CC(C)CCCCCCCCCCOCCCNCCC(=O)O. The normalized spacial score (nSPS) is 11.3. The van der Waals surface area contributed by atoms with E-state index in [-0.39, 0.29) is 6.42 Å². The smallest absolute Gasteiger partial charge is 0.304 e. The van der Waals surface area contributed by atoms with E-state index in [4.69, 9.17) is 9.84 Å². The molecule has 0 rings (SSSR count). The number of rotatable bonds is 18. The molecule has 0 aliphatic rings. The first-order chi connectivity index (χ1) is 11.1. The predicted molar refractivity (Wildman–Crippen MR) is 96.9 cm³/mol. The third kappa shape index (κ3) is 21.4. The van der Waals surface area contributed by atoms with Crippen LogP contribution in [0.2, 0.25) is 0 Å². The van der Waals surface area contributed by atoms with Gasteiger partial charge >= 0.3 is 5.97 Å². The van der Waals surface area contributed by atoms with E-state index < -0.39 is 5.97 Å². The van der Waals surface area contributed by atoms with Crippen LogP contribution < -0.4 is 5.32 Å². The fourth-order valence-corrected chi connectivity index (χ4v) is 2.54. The molecule has 0 radical (unpaired) electrons. The maximum Gasteiger partial charge on any atom is 0.304 e. The topological polar surface area (TPSA) is 58.6 Å². The van der Waals surface area contributed by atoms with Gasteiger partial charge in [0.2, 0.25) is 0 Å². The van der Waals surface area contributed by atoms with Crippen LogP contribution in [0.1, 0.15) is 84.5 Å². The fraction of sp³-hybridized carbons (Fsp3) is 0.947. The summed E-state index contributed by atoms with van der Waals surface area (Å²) >= 11 is 0. The Morgan fingerprint density at radius 2 is 1.43 bits per heavy atom. The van der Waals surface area contributed by atoms with E-state index in [1.807, 2.05) is 0 Å². The maximum atomic E-state index is 10.3. The van der Waals surface area contributed by atoms with Crippen molar-refractivity contribution >= 4 is 5.97 Å². The number of carbonyl (C=O) groups is 1. The number of ether oxygens (including phenoxy) is 1. The van der Waals surface area contributed by atoms with Crippen molar-refractivity contribution in [2.75, 3.05) is 26.3 Å². The second kappa shape index (κ2) is 17.7. The molecule has 0 heterocycles. The average molecular weight is 330 g/mol. The molecule has 0 aliphatic carbocycles. The van der Waals surface area contributed by atoms with Gasteiger partial charge in [-0.05, 0) is 25.3 Å². The van der Waals surface area contributed by atoms with Crippen molar-refractivity contribution in [3.8, 4) is 0 Å². The summed E-state index contributed by atoms with van der Waals surface area (Å²) in [6, 6.07) is 0. The zero-order valence-electron chi connectivity index (χ0n) is 15.4. The van der Waals surface area contributed by atoms with Gasteiger partial charge in [0.25, 0.3) is 0 Å². The lowest BCUT2D eigenvalue weighted by Gasteiger charge is -2.06. The van der Waals surface area contributed by atoms with Gasteiger partial charge in [-0.15, -0.1) is 0 Å². The van der Waals surface area contributed by atoms with Crippen LogP contribution >= 0.6 is 0 Å². The lowest BCUT2D eigenvalue weighted by atomic mass is 10.0. The van der Waals surface area contributed by atoms with E-state index in [1.165, 1.54) is 57.8 Å². The first kappa shape index (κ1) is 22.4. The highest BCUT2D eigenvalue weighted by atomic mass is 16.5. The van der Waals surface area contributed by atoms with Gasteiger partial charge in [-0.1, -0.05) is 65.2 Å². The maximum absolute atomic E-state index is 10.3. The molecule has 2 N–H and O–H groups in total. The van der Waals surface area contributed by atoms with E-state index in [2.05, 4.69) is 19.2 Å². The highest BCUT2D eigenvalue weighted by molar-refractivity contribution is 5.66. The van der Waals surface area contributed by atoms with Crippen LogP contribution in [0.5, 0.6) is 0 Å². The Bertz CT molecular complexity index is 257. The minimum Gasteiger partial charge on any atom is -0.481 e. The number of carboxylic acids is 1. The lowest BCUT2D eigenvalue weighted by molar-refractivity contribution is -0.136. The minimum absolute atomic E-state index is 0.193. The Kier molecular flexibility index (Phi) is 17.3. The quantitative estimate of drug-likeness (QED) is 0.360. The molecule has 0 unspecified atom stereocenters. The Labute approximate surface area is 143 Å². The van der Waals surface area contributed by atoms with Gasteiger partial charge in [0, 0.05) is 19.8 Å². The predicted octanol–water partition coefficient (Wildman–Crippen LogP) is 4.62. The van der Waals surface area contributed by atoms with Crippen LogP contribution in [0.15, 0.2) is 0 Å². The first-order valence-corrected chi connectivity index (χ1v) is 9.63. The summed E-state index contributed by atoms with van der Waals surface area (Å²) in [5, 5.41) is 11.6. The molecule has 0 fully saturated rings. The Hall–Kier alpha value is -0.610. The summed E-state index contributed by atoms with van der Waals surface area (Å²) in [4.78, 5) is 10.3. The number of unbranched alkanes of at least 4 members (excludes halogenated alkanes) is 7. The number of aliphatic carboxylic acids is 1. The first-order valence-electron chi connectivity index (χ1n) is 9.63. The molecule has 0 aromatic carbocycles. The largest absolute Gasteiger partial charge is 0.481 e. The fourth-order valence-electron chi connectivity index (χ4n) is 2.54. The monoisotopic (exact) mass is 329 g/mol. The molecule has 0 aromatic rings.